The third-order valence-electron chi connectivity index (χ3n) is 4.51. The summed E-state index contributed by atoms with van der Waals surface area (Å²) in [5, 5.41) is 3.26. The highest BCUT2D eigenvalue weighted by Gasteiger charge is 2.21. The van der Waals surface area contributed by atoms with E-state index in [1.54, 1.807) is 22.9 Å². The average molecular weight is 392 g/mol. The summed E-state index contributed by atoms with van der Waals surface area (Å²) in [5.74, 6) is -0.330. The van der Waals surface area contributed by atoms with Gasteiger partial charge in [0.25, 0.3) is 0 Å². The molecule has 0 bridgehead atoms. The van der Waals surface area contributed by atoms with Gasteiger partial charge in [0.15, 0.2) is 17.1 Å². The van der Waals surface area contributed by atoms with Gasteiger partial charge in [-0.2, -0.15) is 0 Å². The third-order valence-corrected chi connectivity index (χ3v) is 4.51. The molecule has 0 aliphatic rings. The molecule has 0 fully saturated rings. The monoisotopic (exact) mass is 392 g/mol. The number of aromatic amines is 1. The Morgan fingerprint density at radius 2 is 1.90 bits per heavy atom. The molecule has 0 saturated heterocycles. The number of nitrogens with one attached hydrogen (secondary N) is 2. The van der Waals surface area contributed by atoms with Gasteiger partial charge >= 0.3 is 0 Å². The normalized spacial score (nSPS) is 12.5. The first kappa shape index (κ1) is 17.2. The van der Waals surface area contributed by atoms with Crippen molar-refractivity contribution in [2.45, 2.75) is 13.0 Å². The Morgan fingerprint density at radius 3 is 2.72 bits per heavy atom. The van der Waals surface area contributed by atoms with Crippen LogP contribution in [-0.4, -0.2) is 34.5 Å². The van der Waals surface area contributed by atoms with E-state index in [1.807, 2.05) is 6.92 Å². The molecule has 144 valence electrons. The summed E-state index contributed by atoms with van der Waals surface area (Å²) in [7, 11) is 0. The molecule has 4 aromatic heterocycles. The molecule has 1 unspecified atom stereocenters. The summed E-state index contributed by atoms with van der Waals surface area (Å²) in [6, 6.07) is 6.47. The molecule has 29 heavy (non-hydrogen) atoms. The molecular weight excluding hydrogens is 378 g/mol. The summed E-state index contributed by atoms with van der Waals surface area (Å²) in [6.45, 7) is 1.87. The molecule has 0 aliphatic carbocycles. The predicted molar refractivity (Wildman–Crippen MR) is 103 cm³/mol. The number of nitrogens with zero attached hydrogens (tertiary/aromatic N) is 6. The zero-order valence-corrected chi connectivity index (χ0v) is 15.1. The number of anilines is 1. The summed E-state index contributed by atoms with van der Waals surface area (Å²) in [6.07, 6.45) is 4.56. The number of pyridine rings is 1. The van der Waals surface area contributed by atoms with Crippen molar-refractivity contribution in [3.05, 3.63) is 66.6 Å². The fourth-order valence-corrected chi connectivity index (χ4v) is 3.28. The Labute approximate surface area is 162 Å². The van der Waals surface area contributed by atoms with Gasteiger partial charge in [0, 0.05) is 12.3 Å². The third kappa shape index (κ3) is 2.94. The van der Waals surface area contributed by atoms with Gasteiger partial charge < -0.3 is 10.3 Å². The van der Waals surface area contributed by atoms with Gasteiger partial charge in [-0.15, -0.1) is 0 Å². The first-order chi connectivity index (χ1) is 14.1. The minimum Gasteiger partial charge on any atom is -0.358 e. The van der Waals surface area contributed by atoms with E-state index in [0.29, 0.717) is 39.7 Å². The topological polar surface area (TPSA) is 97.2 Å². The highest BCUT2D eigenvalue weighted by Crippen LogP contribution is 2.28. The number of hydrogen-bond acceptors (Lipinski definition) is 6. The second-order valence-electron chi connectivity index (χ2n) is 6.47. The van der Waals surface area contributed by atoms with Crippen LogP contribution in [0.4, 0.5) is 14.6 Å². The van der Waals surface area contributed by atoms with Crippen molar-refractivity contribution in [3.8, 4) is 5.69 Å². The number of aromatic nitrogens is 7. The zero-order chi connectivity index (χ0) is 20.0. The Kier molecular flexibility index (Phi) is 3.90. The van der Waals surface area contributed by atoms with Gasteiger partial charge in [0.05, 0.1) is 18.1 Å². The van der Waals surface area contributed by atoms with Gasteiger partial charge in [0.2, 0.25) is 0 Å². The molecule has 10 heteroatoms. The quantitative estimate of drug-likeness (QED) is 0.486. The van der Waals surface area contributed by atoms with E-state index in [9.17, 15) is 8.78 Å². The van der Waals surface area contributed by atoms with Crippen molar-refractivity contribution in [1.29, 1.82) is 0 Å². The van der Waals surface area contributed by atoms with Gasteiger partial charge in [-0.25, -0.2) is 33.7 Å². The van der Waals surface area contributed by atoms with Crippen LogP contribution in [-0.2, 0) is 0 Å². The second-order valence-corrected chi connectivity index (χ2v) is 6.47. The van der Waals surface area contributed by atoms with Crippen LogP contribution in [0.5, 0.6) is 0 Å². The summed E-state index contributed by atoms with van der Waals surface area (Å²) < 4.78 is 29.4. The summed E-state index contributed by atoms with van der Waals surface area (Å²) in [4.78, 5) is 24.5. The standard InChI is InChI=1S/C19H14F2N8/c1-10(27-17-15-16(24-8-23-15)25-9-26-17)18-28-14-3-2-4-22-19(14)29(18)13-6-11(20)5-12(21)7-13/h2-10H,1H3,(H2,23,24,25,26,27). The molecule has 0 amide bonds. The predicted octanol–water partition coefficient (Wildman–Crippen LogP) is 3.54. The molecule has 4 heterocycles. The van der Waals surface area contributed by atoms with E-state index in [-0.39, 0.29) is 6.04 Å². The van der Waals surface area contributed by atoms with Crippen LogP contribution in [0.1, 0.15) is 18.8 Å². The first-order valence-corrected chi connectivity index (χ1v) is 8.80. The number of hydrogen-bond donors (Lipinski definition) is 2. The second kappa shape index (κ2) is 6.59. The number of imidazole rings is 2. The molecule has 0 radical (unpaired) electrons. The maximum atomic E-state index is 13.9. The molecule has 8 nitrogen and oxygen atoms in total. The highest BCUT2D eigenvalue weighted by molar-refractivity contribution is 5.82. The van der Waals surface area contributed by atoms with Crippen LogP contribution >= 0.6 is 0 Å². The van der Waals surface area contributed by atoms with E-state index < -0.39 is 11.6 Å². The van der Waals surface area contributed by atoms with Crippen molar-refractivity contribution in [2.75, 3.05) is 5.32 Å². The number of halogens is 2. The molecular formula is C19H14F2N8. The van der Waals surface area contributed by atoms with E-state index in [2.05, 4.69) is 35.2 Å². The SMILES string of the molecule is CC(Nc1ncnc2[nH]cnc12)c1nc2cccnc2n1-c1cc(F)cc(F)c1. The maximum Gasteiger partial charge on any atom is 0.164 e. The Balaban J connectivity index is 1.65. The van der Waals surface area contributed by atoms with Crippen molar-refractivity contribution < 1.29 is 8.78 Å². The Bertz CT molecular complexity index is 1320. The lowest BCUT2D eigenvalue weighted by molar-refractivity contribution is 0.581. The van der Waals surface area contributed by atoms with Crippen LogP contribution in [0.15, 0.2) is 49.2 Å². The van der Waals surface area contributed by atoms with Crippen LogP contribution in [0.2, 0.25) is 0 Å². The van der Waals surface area contributed by atoms with E-state index in [0.717, 1.165) is 6.07 Å². The minimum atomic E-state index is -0.682. The number of fused-ring (bicyclic) bond motifs is 2. The lowest BCUT2D eigenvalue weighted by Gasteiger charge is -2.16. The highest BCUT2D eigenvalue weighted by atomic mass is 19.1. The van der Waals surface area contributed by atoms with Gasteiger partial charge in [-0.05, 0) is 31.2 Å². The molecule has 2 N–H and O–H groups in total. The molecule has 0 spiro atoms. The Morgan fingerprint density at radius 1 is 1.07 bits per heavy atom. The fourth-order valence-electron chi connectivity index (χ4n) is 3.28. The van der Waals surface area contributed by atoms with E-state index >= 15 is 0 Å². The lowest BCUT2D eigenvalue weighted by atomic mass is 10.2. The number of rotatable bonds is 4. The summed E-state index contributed by atoms with van der Waals surface area (Å²) >= 11 is 0. The summed E-state index contributed by atoms with van der Waals surface area (Å²) in [5.41, 5.74) is 2.57. The fraction of sp³-hybridized carbons (Fsp3) is 0.105. The lowest BCUT2D eigenvalue weighted by Crippen LogP contribution is -2.14. The molecule has 1 aromatic carbocycles. The van der Waals surface area contributed by atoms with Crippen molar-refractivity contribution >= 4 is 28.1 Å². The Hall–Kier alpha value is -3.95. The van der Waals surface area contributed by atoms with Crippen molar-refractivity contribution in [1.82, 2.24) is 34.5 Å². The minimum absolute atomic E-state index is 0.292. The van der Waals surface area contributed by atoms with Crippen molar-refractivity contribution in [3.63, 3.8) is 0 Å². The van der Waals surface area contributed by atoms with Gasteiger partial charge in [-0.1, -0.05) is 0 Å². The van der Waals surface area contributed by atoms with Gasteiger partial charge in [0.1, 0.15) is 34.8 Å². The molecule has 0 aliphatic heterocycles. The largest absolute Gasteiger partial charge is 0.358 e. The first-order valence-electron chi connectivity index (χ1n) is 8.80. The zero-order valence-electron chi connectivity index (χ0n) is 15.1. The van der Waals surface area contributed by atoms with E-state index in [4.69, 9.17) is 0 Å². The van der Waals surface area contributed by atoms with Crippen LogP contribution in [0, 0.1) is 11.6 Å². The molecule has 5 aromatic rings. The molecule has 1 atom stereocenters. The van der Waals surface area contributed by atoms with E-state index in [1.165, 1.54) is 24.8 Å². The number of benzene rings is 1. The number of H-pyrrole nitrogens is 1. The average Bonchev–Trinajstić information content (AvgIpc) is 3.32. The molecule has 0 saturated carbocycles. The van der Waals surface area contributed by atoms with Crippen molar-refractivity contribution in [2.24, 2.45) is 0 Å². The van der Waals surface area contributed by atoms with Crippen LogP contribution in [0.25, 0.3) is 28.0 Å². The van der Waals surface area contributed by atoms with Crippen LogP contribution in [0.3, 0.4) is 0 Å². The maximum absolute atomic E-state index is 13.9. The smallest absolute Gasteiger partial charge is 0.164 e. The van der Waals surface area contributed by atoms with Gasteiger partial charge in [-0.3, -0.25) is 4.57 Å². The molecule has 5 rings (SSSR count). The van der Waals surface area contributed by atoms with Crippen LogP contribution < -0.4 is 5.32 Å².